The van der Waals surface area contributed by atoms with Crippen LogP contribution in [0.4, 0.5) is 5.69 Å². The number of nitro groups is 1. The second kappa shape index (κ2) is 8.10. The summed E-state index contributed by atoms with van der Waals surface area (Å²) < 4.78 is 0. The van der Waals surface area contributed by atoms with Crippen LogP contribution in [-0.2, 0) is 0 Å². The first-order valence-electron chi connectivity index (χ1n) is 7.22. The number of nitro benzene ring substituents is 1. The van der Waals surface area contributed by atoms with Gasteiger partial charge in [0.15, 0.2) is 0 Å². The van der Waals surface area contributed by atoms with Crippen molar-refractivity contribution in [2.24, 2.45) is 5.41 Å². The summed E-state index contributed by atoms with van der Waals surface area (Å²) >= 11 is 5.95. The number of rotatable bonds is 8. The lowest BCUT2D eigenvalue weighted by molar-refractivity contribution is -0.384. The third-order valence-electron chi connectivity index (χ3n) is 4.17. The van der Waals surface area contributed by atoms with Crippen molar-refractivity contribution in [2.75, 3.05) is 13.2 Å². The van der Waals surface area contributed by atoms with Crippen LogP contribution >= 0.6 is 11.6 Å². The highest BCUT2D eigenvalue weighted by molar-refractivity contribution is 6.33. The molecule has 1 aromatic rings. The van der Waals surface area contributed by atoms with Gasteiger partial charge in [-0.15, -0.1) is 0 Å². The Morgan fingerprint density at radius 1 is 1.41 bits per heavy atom. The molecule has 1 aromatic carbocycles. The minimum atomic E-state index is -0.568. The van der Waals surface area contributed by atoms with Crippen molar-refractivity contribution >= 4 is 23.2 Å². The molecule has 0 aliphatic carbocycles. The first kappa shape index (κ1) is 18.4. The second-order valence-corrected chi connectivity index (χ2v) is 5.69. The van der Waals surface area contributed by atoms with Crippen LogP contribution in [0.25, 0.3) is 0 Å². The third kappa shape index (κ3) is 4.42. The molecular formula is C15H21ClN2O4. The van der Waals surface area contributed by atoms with Crippen molar-refractivity contribution < 1.29 is 14.8 Å². The summed E-state index contributed by atoms with van der Waals surface area (Å²) in [6, 6.07) is 3.77. The van der Waals surface area contributed by atoms with E-state index in [-0.39, 0.29) is 28.3 Å². The Balaban J connectivity index is 2.89. The molecule has 22 heavy (non-hydrogen) atoms. The van der Waals surface area contributed by atoms with Gasteiger partial charge in [-0.2, -0.15) is 0 Å². The van der Waals surface area contributed by atoms with Crippen LogP contribution in [0.1, 0.15) is 43.5 Å². The fraction of sp³-hybridized carbons (Fsp3) is 0.533. The number of carbonyl (C=O) groups is 1. The summed E-state index contributed by atoms with van der Waals surface area (Å²) in [5.74, 6) is -0.446. The molecule has 0 bridgehead atoms. The van der Waals surface area contributed by atoms with Gasteiger partial charge >= 0.3 is 0 Å². The number of aliphatic hydroxyl groups excluding tert-OH is 1. The molecule has 7 heteroatoms. The summed E-state index contributed by atoms with van der Waals surface area (Å²) in [5, 5.41) is 22.9. The van der Waals surface area contributed by atoms with Crippen LogP contribution < -0.4 is 5.32 Å². The Kier molecular flexibility index (Phi) is 6.77. The number of halogens is 1. The zero-order valence-electron chi connectivity index (χ0n) is 12.8. The highest BCUT2D eigenvalue weighted by Crippen LogP contribution is 2.30. The van der Waals surface area contributed by atoms with Crippen LogP contribution in [0.5, 0.6) is 0 Å². The van der Waals surface area contributed by atoms with Gasteiger partial charge in [0.25, 0.3) is 11.6 Å². The lowest BCUT2D eigenvalue weighted by Gasteiger charge is -2.31. The quantitative estimate of drug-likeness (QED) is 0.566. The Morgan fingerprint density at radius 3 is 2.55 bits per heavy atom. The van der Waals surface area contributed by atoms with Gasteiger partial charge in [-0.1, -0.05) is 25.4 Å². The van der Waals surface area contributed by atoms with Crippen LogP contribution in [0, 0.1) is 15.5 Å². The molecule has 0 radical (unpaired) electrons. The van der Waals surface area contributed by atoms with Gasteiger partial charge in [0.05, 0.1) is 15.5 Å². The molecule has 0 aliphatic rings. The number of nitrogens with one attached hydrogen (secondary N) is 1. The van der Waals surface area contributed by atoms with E-state index in [2.05, 4.69) is 5.32 Å². The molecule has 6 nitrogen and oxygen atoms in total. The molecule has 0 saturated heterocycles. The molecular weight excluding hydrogens is 308 g/mol. The van der Waals surface area contributed by atoms with E-state index in [0.29, 0.717) is 13.0 Å². The van der Waals surface area contributed by atoms with E-state index in [1.807, 2.05) is 13.8 Å². The summed E-state index contributed by atoms with van der Waals surface area (Å²) in [7, 11) is 0. The van der Waals surface area contributed by atoms with Gasteiger partial charge < -0.3 is 10.4 Å². The topological polar surface area (TPSA) is 92.5 Å². The number of hydrogen-bond acceptors (Lipinski definition) is 4. The average Bonchev–Trinajstić information content (AvgIpc) is 2.51. The van der Waals surface area contributed by atoms with Crippen LogP contribution in [0.2, 0.25) is 5.02 Å². The molecule has 0 aliphatic heterocycles. The number of aliphatic hydroxyl groups is 1. The summed E-state index contributed by atoms with van der Waals surface area (Å²) in [4.78, 5) is 22.5. The summed E-state index contributed by atoms with van der Waals surface area (Å²) in [6.07, 6.45) is 2.21. The van der Waals surface area contributed by atoms with Crippen LogP contribution in [0.3, 0.4) is 0 Å². The van der Waals surface area contributed by atoms with E-state index in [1.54, 1.807) is 0 Å². The van der Waals surface area contributed by atoms with E-state index in [4.69, 9.17) is 11.6 Å². The van der Waals surface area contributed by atoms with Crippen LogP contribution in [-0.4, -0.2) is 29.1 Å². The minimum Gasteiger partial charge on any atom is -0.396 e. The number of benzene rings is 1. The predicted molar refractivity (Wildman–Crippen MR) is 85.2 cm³/mol. The Hall–Kier alpha value is -1.66. The monoisotopic (exact) mass is 328 g/mol. The highest BCUT2D eigenvalue weighted by Gasteiger charge is 2.27. The Morgan fingerprint density at radius 2 is 2.05 bits per heavy atom. The number of amides is 1. The zero-order valence-corrected chi connectivity index (χ0v) is 13.5. The standard InChI is InChI=1S/C15H21ClN2O4/c1-3-15(4-2,7-8-19)10-17-14(20)12-9-11(18(21)22)5-6-13(12)16/h5-6,9,19H,3-4,7-8,10H2,1-2H3,(H,17,20). The maximum atomic E-state index is 12.2. The fourth-order valence-electron chi connectivity index (χ4n) is 2.34. The maximum absolute atomic E-state index is 12.2. The van der Waals surface area contributed by atoms with Crippen molar-refractivity contribution in [3.8, 4) is 0 Å². The Bertz CT molecular complexity index is 544. The molecule has 2 N–H and O–H groups in total. The van der Waals surface area contributed by atoms with Gasteiger partial charge in [-0.05, 0) is 30.7 Å². The van der Waals surface area contributed by atoms with Gasteiger partial charge in [0, 0.05) is 25.3 Å². The van der Waals surface area contributed by atoms with Gasteiger partial charge in [-0.25, -0.2) is 0 Å². The lowest BCUT2D eigenvalue weighted by atomic mass is 9.79. The number of non-ortho nitro benzene ring substituents is 1. The average molecular weight is 329 g/mol. The molecule has 0 atom stereocenters. The molecule has 0 fully saturated rings. The summed E-state index contributed by atoms with van der Waals surface area (Å²) in [5.41, 5.74) is -0.277. The third-order valence-corrected chi connectivity index (χ3v) is 4.50. The molecule has 0 unspecified atom stereocenters. The maximum Gasteiger partial charge on any atom is 0.270 e. The first-order chi connectivity index (χ1) is 10.4. The van der Waals surface area contributed by atoms with Crippen molar-refractivity contribution in [2.45, 2.75) is 33.1 Å². The van der Waals surface area contributed by atoms with E-state index in [0.717, 1.165) is 12.8 Å². The van der Waals surface area contributed by atoms with Crippen molar-refractivity contribution in [1.82, 2.24) is 5.32 Å². The fourth-order valence-corrected chi connectivity index (χ4v) is 2.55. The summed E-state index contributed by atoms with van der Waals surface area (Å²) in [6.45, 7) is 4.45. The largest absolute Gasteiger partial charge is 0.396 e. The van der Waals surface area contributed by atoms with E-state index < -0.39 is 10.8 Å². The van der Waals surface area contributed by atoms with Crippen LogP contribution in [0.15, 0.2) is 18.2 Å². The molecule has 0 heterocycles. The van der Waals surface area contributed by atoms with E-state index in [1.165, 1.54) is 18.2 Å². The smallest absolute Gasteiger partial charge is 0.270 e. The number of nitrogens with zero attached hydrogens (tertiary/aromatic N) is 1. The number of carbonyl (C=O) groups excluding carboxylic acids is 1. The van der Waals surface area contributed by atoms with Gasteiger partial charge in [-0.3, -0.25) is 14.9 Å². The van der Waals surface area contributed by atoms with E-state index >= 15 is 0 Å². The van der Waals surface area contributed by atoms with Crippen molar-refractivity contribution in [1.29, 1.82) is 0 Å². The molecule has 0 saturated carbocycles. The highest BCUT2D eigenvalue weighted by atomic mass is 35.5. The zero-order chi connectivity index (χ0) is 16.8. The molecule has 0 aromatic heterocycles. The SMILES string of the molecule is CCC(CC)(CCO)CNC(=O)c1cc([N+](=O)[O-])ccc1Cl. The first-order valence-corrected chi connectivity index (χ1v) is 7.60. The second-order valence-electron chi connectivity index (χ2n) is 5.28. The van der Waals surface area contributed by atoms with Gasteiger partial charge in [0.2, 0.25) is 0 Å². The normalized spacial score (nSPS) is 11.3. The minimum absolute atomic E-state index is 0.0507. The van der Waals surface area contributed by atoms with Gasteiger partial charge in [0.1, 0.15) is 0 Å². The molecule has 0 spiro atoms. The predicted octanol–water partition coefficient (Wildman–Crippen LogP) is 3.17. The molecule has 1 rings (SSSR count). The van der Waals surface area contributed by atoms with Crippen molar-refractivity contribution in [3.63, 3.8) is 0 Å². The van der Waals surface area contributed by atoms with E-state index in [9.17, 15) is 20.0 Å². The molecule has 122 valence electrons. The molecule has 1 amide bonds. The van der Waals surface area contributed by atoms with Crippen molar-refractivity contribution in [3.05, 3.63) is 38.9 Å². The number of hydrogen-bond donors (Lipinski definition) is 2. The Labute approximate surface area is 134 Å². The lowest BCUT2D eigenvalue weighted by Crippen LogP contribution is -2.37.